The molecule has 0 aliphatic carbocycles. The second kappa shape index (κ2) is 4.76. The molecule has 0 saturated carbocycles. The van der Waals surface area contributed by atoms with Gasteiger partial charge in [-0.2, -0.15) is 0 Å². The first-order chi connectivity index (χ1) is 9.88. The number of hydrogen-bond acceptors (Lipinski definition) is 3. The summed E-state index contributed by atoms with van der Waals surface area (Å²) in [7, 11) is 0. The summed E-state index contributed by atoms with van der Waals surface area (Å²) >= 11 is 0. The maximum absolute atomic E-state index is 12.7. The number of amides is 1. The Balaban J connectivity index is 1.85. The van der Waals surface area contributed by atoms with Gasteiger partial charge in [0.05, 0.1) is 6.04 Å². The van der Waals surface area contributed by atoms with Gasteiger partial charge in [-0.25, -0.2) is 0 Å². The summed E-state index contributed by atoms with van der Waals surface area (Å²) in [6.07, 6.45) is 2.06. The first-order valence-corrected chi connectivity index (χ1v) is 7.31. The molecule has 1 atom stereocenters. The fourth-order valence-corrected chi connectivity index (χ4v) is 2.73. The Hall–Kier alpha value is -2.04. The first-order valence-electron chi connectivity index (χ1n) is 7.31. The van der Waals surface area contributed by atoms with Gasteiger partial charge in [-0.15, -0.1) is 0 Å². The molecule has 0 aromatic carbocycles. The third-order valence-corrected chi connectivity index (χ3v) is 4.07. The lowest BCUT2D eigenvalue weighted by molar-refractivity contribution is 0.0633. The van der Waals surface area contributed by atoms with Crippen molar-refractivity contribution in [1.82, 2.24) is 14.6 Å². The highest BCUT2D eigenvalue weighted by Gasteiger charge is 2.31. The average Bonchev–Trinajstić information content (AvgIpc) is 3.07. The van der Waals surface area contributed by atoms with Crippen molar-refractivity contribution >= 4 is 5.91 Å². The van der Waals surface area contributed by atoms with Gasteiger partial charge >= 0.3 is 0 Å². The van der Waals surface area contributed by atoms with Crippen LogP contribution in [0.4, 0.5) is 0 Å². The largest absolute Gasteiger partial charge is 0.360 e. The molecule has 0 saturated heterocycles. The fraction of sp³-hybridized carbons (Fsp3) is 0.500. The van der Waals surface area contributed by atoms with E-state index in [0.717, 1.165) is 18.0 Å². The summed E-state index contributed by atoms with van der Waals surface area (Å²) in [5.41, 5.74) is 1.41. The standard InChI is InChI=1S/C16H21N3O2/c1-11-13-6-5-7-18(13)8-9-19(11)15(20)12-10-14(21-17-12)16(2,3)4/h5-7,10-11H,8-9H2,1-4H3. The molecule has 0 fully saturated rings. The van der Waals surface area contributed by atoms with Crippen LogP contribution in [0.2, 0.25) is 0 Å². The van der Waals surface area contributed by atoms with E-state index in [9.17, 15) is 4.79 Å². The highest BCUT2D eigenvalue weighted by Crippen LogP contribution is 2.28. The summed E-state index contributed by atoms with van der Waals surface area (Å²) in [4.78, 5) is 14.5. The van der Waals surface area contributed by atoms with Gasteiger partial charge < -0.3 is 14.0 Å². The molecule has 3 rings (SSSR count). The highest BCUT2D eigenvalue weighted by atomic mass is 16.5. The Morgan fingerprint density at radius 3 is 2.81 bits per heavy atom. The molecule has 2 aromatic rings. The van der Waals surface area contributed by atoms with E-state index in [1.54, 1.807) is 6.07 Å². The predicted molar refractivity (Wildman–Crippen MR) is 79.1 cm³/mol. The maximum atomic E-state index is 12.7. The topological polar surface area (TPSA) is 51.3 Å². The van der Waals surface area contributed by atoms with Gasteiger partial charge in [0.15, 0.2) is 5.69 Å². The van der Waals surface area contributed by atoms with Crippen molar-refractivity contribution in [2.24, 2.45) is 0 Å². The number of fused-ring (bicyclic) bond motifs is 1. The van der Waals surface area contributed by atoms with Crippen LogP contribution in [-0.4, -0.2) is 27.1 Å². The quantitative estimate of drug-likeness (QED) is 0.810. The third-order valence-electron chi connectivity index (χ3n) is 4.07. The number of aromatic nitrogens is 2. The summed E-state index contributed by atoms with van der Waals surface area (Å²) in [6.45, 7) is 9.68. The predicted octanol–water partition coefficient (Wildman–Crippen LogP) is 2.99. The number of rotatable bonds is 1. The molecular weight excluding hydrogens is 266 g/mol. The zero-order chi connectivity index (χ0) is 15.2. The second-order valence-corrected chi connectivity index (χ2v) is 6.63. The van der Waals surface area contributed by atoms with Crippen molar-refractivity contribution < 1.29 is 9.32 Å². The Kier molecular flexibility index (Phi) is 3.15. The van der Waals surface area contributed by atoms with E-state index in [4.69, 9.17) is 4.52 Å². The number of carbonyl (C=O) groups is 1. The average molecular weight is 287 g/mol. The van der Waals surface area contributed by atoms with Gasteiger partial charge in [-0.1, -0.05) is 25.9 Å². The normalized spacial score (nSPS) is 18.7. The number of carbonyl (C=O) groups excluding carboxylic acids is 1. The Labute approximate surface area is 124 Å². The van der Waals surface area contributed by atoms with Crippen LogP contribution in [0.5, 0.6) is 0 Å². The summed E-state index contributed by atoms with van der Waals surface area (Å²) < 4.78 is 7.52. The van der Waals surface area contributed by atoms with E-state index in [1.807, 2.05) is 38.7 Å². The van der Waals surface area contributed by atoms with Gasteiger partial charge in [-0.05, 0) is 19.1 Å². The second-order valence-electron chi connectivity index (χ2n) is 6.63. The lowest BCUT2D eigenvalue weighted by atomic mass is 9.93. The van der Waals surface area contributed by atoms with Gasteiger partial charge in [0, 0.05) is 36.5 Å². The number of nitrogens with zero attached hydrogens (tertiary/aromatic N) is 3. The lowest BCUT2D eigenvalue weighted by Gasteiger charge is -2.34. The van der Waals surface area contributed by atoms with E-state index >= 15 is 0 Å². The van der Waals surface area contributed by atoms with Crippen LogP contribution in [-0.2, 0) is 12.0 Å². The van der Waals surface area contributed by atoms with Crippen LogP contribution in [0.15, 0.2) is 28.9 Å². The van der Waals surface area contributed by atoms with E-state index in [1.165, 1.54) is 0 Å². The van der Waals surface area contributed by atoms with Crippen molar-refractivity contribution in [2.75, 3.05) is 6.54 Å². The van der Waals surface area contributed by atoms with E-state index < -0.39 is 0 Å². The molecule has 2 aromatic heterocycles. The SMILES string of the molecule is CC1c2cccn2CCN1C(=O)c1cc(C(C)(C)C)on1. The summed E-state index contributed by atoms with van der Waals surface area (Å²) in [5, 5.41) is 3.96. The van der Waals surface area contributed by atoms with E-state index in [0.29, 0.717) is 12.2 Å². The smallest absolute Gasteiger partial charge is 0.276 e. The van der Waals surface area contributed by atoms with Gasteiger partial charge in [0.1, 0.15) is 5.76 Å². The molecule has 21 heavy (non-hydrogen) atoms. The monoisotopic (exact) mass is 287 g/mol. The van der Waals surface area contributed by atoms with E-state index in [-0.39, 0.29) is 17.4 Å². The van der Waals surface area contributed by atoms with Crippen molar-refractivity contribution in [1.29, 1.82) is 0 Å². The van der Waals surface area contributed by atoms with Crippen molar-refractivity contribution in [3.05, 3.63) is 41.5 Å². The Morgan fingerprint density at radius 1 is 1.38 bits per heavy atom. The van der Waals surface area contributed by atoms with Gasteiger partial charge in [0.2, 0.25) is 0 Å². The minimum atomic E-state index is -0.145. The number of hydrogen-bond donors (Lipinski definition) is 0. The fourth-order valence-electron chi connectivity index (χ4n) is 2.73. The molecule has 1 amide bonds. The molecule has 0 N–H and O–H groups in total. The molecule has 1 aliphatic rings. The molecule has 1 unspecified atom stereocenters. The van der Waals surface area contributed by atoms with Crippen LogP contribution in [0, 0.1) is 0 Å². The van der Waals surface area contributed by atoms with Crippen LogP contribution < -0.4 is 0 Å². The molecule has 0 bridgehead atoms. The van der Waals surface area contributed by atoms with Gasteiger partial charge in [0.25, 0.3) is 5.91 Å². The minimum absolute atomic E-state index is 0.0519. The van der Waals surface area contributed by atoms with Crippen LogP contribution in [0.3, 0.4) is 0 Å². The molecule has 1 aliphatic heterocycles. The first kappa shape index (κ1) is 13.9. The lowest BCUT2D eigenvalue weighted by Crippen LogP contribution is -2.40. The molecule has 0 spiro atoms. The highest BCUT2D eigenvalue weighted by molar-refractivity contribution is 5.92. The zero-order valence-electron chi connectivity index (χ0n) is 13.0. The molecule has 3 heterocycles. The van der Waals surface area contributed by atoms with Crippen LogP contribution in [0.1, 0.15) is 55.7 Å². The van der Waals surface area contributed by atoms with Crippen molar-refractivity contribution in [3.8, 4) is 0 Å². The van der Waals surface area contributed by atoms with Crippen LogP contribution >= 0.6 is 0 Å². The molecule has 0 radical (unpaired) electrons. The summed E-state index contributed by atoms with van der Waals surface area (Å²) in [6, 6.07) is 5.90. The molecule has 112 valence electrons. The minimum Gasteiger partial charge on any atom is -0.360 e. The van der Waals surface area contributed by atoms with Crippen LogP contribution in [0.25, 0.3) is 0 Å². The maximum Gasteiger partial charge on any atom is 0.276 e. The van der Waals surface area contributed by atoms with Crippen molar-refractivity contribution in [3.63, 3.8) is 0 Å². The Bertz CT molecular complexity index is 663. The Morgan fingerprint density at radius 2 is 2.14 bits per heavy atom. The summed E-state index contributed by atoms with van der Waals surface area (Å²) in [5.74, 6) is 0.674. The zero-order valence-corrected chi connectivity index (χ0v) is 13.0. The van der Waals surface area contributed by atoms with Crippen molar-refractivity contribution in [2.45, 2.75) is 45.7 Å². The van der Waals surface area contributed by atoms with E-state index in [2.05, 4.69) is 22.0 Å². The van der Waals surface area contributed by atoms with Gasteiger partial charge in [-0.3, -0.25) is 4.79 Å². The molecular formula is C16H21N3O2. The molecule has 5 heteroatoms. The third kappa shape index (κ3) is 2.37. The molecule has 5 nitrogen and oxygen atoms in total.